The Morgan fingerprint density at radius 1 is 1.22 bits per heavy atom. The maximum Gasteiger partial charge on any atom is 0.338 e. The number of benzene rings is 2. The van der Waals surface area contributed by atoms with Crippen molar-refractivity contribution in [2.75, 3.05) is 6.26 Å². The average molecular weight is 594 g/mol. The van der Waals surface area contributed by atoms with E-state index in [9.17, 15) is 24.1 Å². The number of furan rings is 1. The van der Waals surface area contributed by atoms with Gasteiger partial charge in [0.25, 0.3) is 5.56 Å². The summed E-state index contributed by atoms with van der Waals surface area (Å²) >= 11 is 2.73. The van der Waals surface area contributed by atoms with Crippen LogP contribution in [-0.2, 0) is 9.53 Å². The number of hydrogen-bond acceptors (Lipinski definition) is 9. The Bertz CT molecular complexity index is 1890. The third-order valence-corrected chi connectivity index (χ3v) is 8.07. The molecule has 1 aliphatic heterocycles. The molecule has 0 amide bonds. The topological polar surface area (TPSA) is 117 Å². The number of aromatic nitrogens is 1. The van der Waals surface area contributed by atoms with Crippen molar-refractivity contribution in [3.05, 3.63) is 113 Å². The van der Waals surface area contributed by atoms with Gasteiger partial charge in [0.15, 0.2) is 4.80 Å². The van der Waals surface area contributed by atoms with E-state index in [2.05, 4.69) is 4.99 Å². The van der Waals surface area contributed by atoms with E-state index in [4.69, 9.17) is 9.15 Å². The standard InChI is InChI=1S/C29H24FN3O6S2/c1-15(2)38-28(35)25-16(3)31-29-32(26(25)17-5-9-20(40-4)10-6-17)27(34)24(41-29)14-19-8-12-23(39-19)18-7-11-21(30)22(13-18)33(36)37/h5-15,26H,1-4H3/b24-14-/t26-/m0/s1. The highest BCUT2D eigenvalue weighted by Gasteiger charge is 2.33. The van der Waals surface area contributed by atoms with Crippen LogP contribution in [0.4, 0.5) is 10.1 Å². The fourth-order valence-electron chi connectivity index (χ4n) is 4.48. The molecule has 0 unspecified atom stereocenters. The molecule has 0 radical (unpaired) electrons. The first-order valence-electron chi connectivity index (χ1n) is 12.5. The number of esters is 1. The summed E-state index contributed by atoms with van der Waals surface area (Å²) in [5.74, 6) is -0.906. The van der Waals surface area contributed by atoms with Crippen molar-refractivity contribution in [3.8, 4) is 11.3 Å². The molecule has 3 heterocycles. The number of thioether (sulfide) groups is 1. The first kappa shape index (κ1) is 28.2. The van der Waals surface area contributed by atoms with Gasteiger partial charge in [0, 0.05) is 22.6 Å². The minimum absolute atomic E-state index is 0.272. The summed E-state index contributed by atoms with van der Waals surface area (Å²) in [6.07, 6.45) is 3.15. The molecule has 0 N–H and O–H groups in total. The molecule has 2 aromatic heterocycles. The highest BCUT2D eigenvalue weighted by molar-refractivity contribution is 7.98. The van der Waals surface area contributed by atoms with E-state index in [1.54, 1.807) is 50.7 Å². The lowest BCUT2D eigenvalue weighted by molar-refractivity contribution is -0.387. The third-order valence-electron chi connectivity index (χ3n) is 6.34. The highest BCUT2D eigenvalue weighted by atomic mass is 32.2. The third kappa shape index (κ3) is 5.52. The smallest absolute Gasteiger partial charge is 0.338 e. The number of nitro groups is 1. The predicted molar refractivity (Wildman–Crippen MR) is 154 cm³/mol. The second-order valence-corrected chi connectivity index (χ2v) is 11.3. The SMILES string of the molecule is CSc1ccc([C@H]2C(C(=O)OC(C)C)=C(C)N=c3s/c(=C\c4ccc(-c5ccc(F)c([N+](=O)[O-])c5)o4)c(=O)n32)cc1. The van der Waals surface area contributed by atoms with Gasteiger partial charge in [-0.15, -0.1) is 11.8 Å². The number of thiazole rings is 1. The lowest BCUT2D eigenvalue weighted by Gasteiger charge is -2.25. The van der Waals surface area contributed by atoms with Gasteiger partial charge in [-0.25, -0.2) is 9.79 Å². The number of nitrogens with zero attached hydrogens (tertiary/aromatic N) is 3. The van der Waals surface area contributed by atoms with Crippen LogP contribution in [0.2, 0.25) is 0 Å². The molecule has 0 bridgehead atoms. The predicted octanol–water partition coefficient (Wildman–Crippen LogP) is 5.22. The van der Waals surface area contributed by atoms with Crippen molar-refractivity contribution < 1.29 is 23.3 Å². The molecule has 41 heavy (non-hydrogen) atoms. The van der Waals surface area contributed by atoms with E-state index in [0.29, 0.717) is 26.4 Å². The van der Waals surface area contributed by atoms with Crippen molar-refractivity contribution in [1.29, 1.82) is 0 Å². The second kappa shape index (κ2) is 11.3. The van der Waals surface area contributed by atoms with Crippen LogP contribution in [0, 0.1) is 15.9 Å². The first-order chi connectivity index (χ1) is 19.6. The Labute approximate surface area is 241 Å². The summed E-state index contributed by atoms with van der Waals surface area (Å²) in [5, 5.41) is 11.1. The fraction of sp³-hybridized carbons (Fsp3) is 0.207. The van der Waals surface area contributed by atoms with Crippen molar-refractivity contribution >= 4 is 40.8 Å². The van der Waals surface area contributed by atoms with Gasteiger partial charge in [-0.3, -0.25) is 19.5 Å². The van der Waals surface area contributed by atoms with Crippen molar-refractivity contribution in [2.24, 2.45) is 4.99 Å². The molecular formula is C29H24FN3O6S2. The first-order valence-corrected chi connectivity index (χ1v) is 14.5. The molecule has 9 nitrogen and oxygen atoms in total. The minimum atomic E-state index is -0.948. The summed E-state index contributed by atoms with van der Waals surface area (Å²) in [7, 11) is 0. The van der Waals surface area contributed by atoms with Crippen LogP contribution < -0.4 is 14.9 Å². The molecule has 12 heteroatoms. The quantitative estimate of drug-likeness (QED) is 0.125. The van der Waals surface area contributed by atoms with E-state index in [-0.39, 0.29) is 23.0 Å². The molecule has 210 valence electrons. The highest BCUT2D eigenvalue weighted by Crippen LogP contribution is 2.32. The van der Waals surface area contributed by atoms with Crippen molar-refractivity contribution in [1.82, 2.24) is 4.57 Å². The number of carbonyl (C=O) groups excluding carboxylic acids is 1. The van der Waals surface area contributed by atoms with E-state index >= 15 is 0 Å². The normalized spacial score (nSPS) is 15.2. The Kier molecular flexibility index (Phi) is 7.78. The number of carbonyl (C=O) groups is 1. The lowest BCUT2D eigenvalue weighted by atomic mass is 9.96. The number of halogens is 1. The minimum Gasteiger partial charge on any atom is -0.459 e. The summed E-state index contributed by atoms with van der Waals surface area (Å²) in [4.78, 5) is 43.4. The molecule has 0 saturated heterocycles. The number of hydrogen-bond donors (Lipinski definition) is 0. The van der Waals surface area contributed by atoms with Crippen molar-refractivity contribution in [2.45, 2.75) is 37.8 Å². The zero-order chi connectivity index (χ0) is 29.4. The molecule has 2 aromatic carbocycles. The number of rotatable bonds is 7. The van der Waals surface area contributed by atoms with Crippen LogP contribution in [0.5, 0.6) is 0 Å². The summed E-state index contributed by atoms with van der Waals surface area (Å²) in [6.45, 7) is 5.23. The second-order valence-electron chi connectivity index (χ2n) is 9.43. The van der Waals surface area contributed by atoms with Crippen LogP contribution in [0.15, 0.2) is 85.0 Å². The van der Waals surface area contributed by atoms with Crippen LogP contribution in [0.3, 0.4) is 0 Å². The van der Waals surface area contributed by atoms with Gasteiger partial charge < -0.3 is 9.15 Å². The van der Waals surface area contributed by atoms with Gasteiger partial charge in [-0.05, 0) is 69.0 Å². The molecule has 0 spiro atoms. The number of fused-ring (bicyclic) bond motifs is 1. The number of nitro benzene ring substituents is 1. The Hall–Kier alpha value is -4.29. The zero-order valence-corrected chi connectivity index (χ0v) is 24.0. The molecule has 1 atom stereocenters. The largest absolute Gasteiger partial charge is 0.459 e. The van der Waals surface area contributed by atoms with E-state index < -0.39 is 28.4 Å². The Balaban J connectivity index is 1.61. The van der Waals surface area contributed by atoms with E-state index in [0.717, 1.165) is 33.9 Å². The number of ether oxygens (including phenoxy) is 1. The lowest BCUT2D eigenvalue weighted by Crippen LogP contribution is -2.40. The van der Waals surface area contributed by atoms with E-state index in [1.165, 1.54) is 10.6 Å². The molecular weight excluding hydrogens is 569 g/mol. The average Bonchev–Trinajstić information content (AvgIpc) is 3.52. The van der Waals surface area contributed by atoms with Crippen LogP contribution in [-0.4, -0.2) is 27.8 Å². The van der Waals surface area contributed by atoms with Gasteiger partial charge in [0.2, 0.25) is 5.82 Å². The van der Waals surface area contributed by atoms with Gasteiger partial charge in [-0.1, -0.05) is 23.5 Å². The summed E-state index contributed by atoms with van der Waals surface area (Å²) < 4.78 is 27.0. The molecule has 0 saturated carbocycles. The van der Waals surface area contributed by atoms with Gasteiger partial charge >= 0.3 is 11.7 Å². The van der Waals surface area contributed by atoms with E-state index in [1.807, 2.05) is 30.5 Å². The fourth-order valence-corrected chi connectivity index (χ4v) is 5.92. The van der Waals surface area contributed by atoms with Crippen LogP contribution in [0.1, 0.15) is 38.1 Å². The molecule has 1 aliphatic rings. The monoisotopic (exact) mass is 593 g/mol. The summed E-state index contributed by atoms with van der Waals surface area (Å²) in [6, 6.07) is 13.5. The zero-order valence-electron chi connectivity index (χ0n) is 22.4. The Morgan fingerprint density at radius 3 is 2.61 bits per heavy atom. The molecule has 5 rings (SSSR count). The van der Waals surface area contributed by atoms with Crippen molar-refractivity contribution in [3.63, 3.8) is 0 Å². The number of allylic oxidation sites excluding steroid dienone is 1. The molecule has 0 fully saturated rings. The maximum atomic E-state index is 13.8. The van der Waals surface area contributed by atoms with Gasteiger partial charge in [0.05, 0.1) is 32.9 Å². The van der Waals surface area contributed by atoms with Gasteiger partial charge in [0.1, 0.15) is 11.5 Å². The van der Waals surface area contributed by atoms with Crippen LogP contribution >= 0.6 is 23.1 Å². The maximum absolute atomic E-state index is 13.8. The Morgan fingerprint density at radius 2 is 1.95 bits per heavy atom. The van der Waals surface area contributed by atoms with Crippen LogP contribution in [0.25, 0.3) is 17.4 Å². The molecule has 0 aliphatic carbocycles. The summed E-state index contributed by atoms with van der Waals surface area (Å²) in [5.41, 5.74) is 0.760. The molecule has 4 aromatic rings. The van der Waals surface area contributed by atoms with Gasteiger partial charge in [-0.2, -0.15) is 4.39 Å².